The van der Waals surface area contributed by atoms with Gasteiger partial charge in [-0.05, 0) is 31.0 Å². The third kappa shape index (κ3) is 3.04. The number of pyridine rings is 1. The third-order valence-electron chi connectivity index (χ3n) is 4.41. The lowest BCUT2D eigenvalue weighted by Crippen LogP contribution is -2.41. The second kappa shape index (κ2) is 6.40. The second-order valence-corrected chi connectivity index (χ2v) is 9.46. The van der Waals surface area contributed by atoms with Gasteiger partial charge >= 0.3 is 0 Å². The molecule has 1 unspecified atom stereocenters. The molecular weight excluding hydrogens is 399 g/mol. The van der Waals surface area contributed by atoms with Gasteiger partial charge in [-0.2, -0.15) is 4.39 Å². The van der Waals surface area contributed by atoms with Crippen molar-refractivity contribution >= 4 is 51.3 Å². The van der Waals surface area contributed by atoms with Gasteiger partial charge in [0.1, 0.15) is 16.4 Å². The highest BCUT2D eigenvalue weighted by Gasteiger charge is 2.55. The number of amidine groups is 1. The van der Waals surface area contributed by atoms with Gasteiger partial charge in [0.2, 0.25) is 5.95 Å². The summed E-state index contributed by atoms with van der Waals surface area (Å²) in [7, 11) is -1.10. The Hall–Kier alpha value is -1.84. The fraction of sp³-hybridized carbons (Fsp3) is 0.312. The van der Waals surface area contributed by atoms with Crippen LogP contribution in [0.3, 0.4) is 0 Å². The highest BCUT2D eigenvalue weighted by molar-refractivity contribution is 7.87. The average Bonchev–Trinajstić information content (AvgIpc) is 3.29. The topological polar surface area (TPSA) is 97.4 Å². The van der Waals surface area contributed by atoms with Crippen molar-refractivity contribution in [1.82, 2.24) is 4.98 Å². The SMILES string of the molecule is NC1=N[C@H](c2sc(C(=O)Nc3cccc(F)n3)cc2Cl)CS(=O)C12CC2. The lowest BCUT2D eigenvalue weighted by molar-refractivity contribution is 0.103. The van der Waals surface area contributed by atoms with Crippen molar-refractivity contribution in [1.29, 1.82) is 0 Å². The Kier molecular flexibility index (Phi) is 4.32. The molecule has 0 saturated heterocycles. The smallest absolute Gasteiger partial charge is 0.266 e. The quantitative estimate of drug-likeness (QED) is 0.757. The summed E-state index contributed by atoms with van der Waals surface area (Å²) in [6.07, 6.45) is 1.60. The summed E-state index contributed by atoms with van der Waals surface area (Å²) in [4.78, 5) is 21.4. The van der Waals surface area contributed by atoms with E-state index in [4.69, 9.17) is 17.3 Å². The van der Waals surface area contributed by atoms with Crippen LogP contribution in [-0.2, 0) is 10.8 Å². The van der Waals surface area contributed by atoms with Crippen LogP contribution in [0.4, 0.5) is 10.2 Å². The van der Waals surface area contributed by atoms with Crippen LogP contribution in [-0.4, -0.2) is 31.4 Å². The Balaban J connectivity index is 1.57. The van der Waals surface area contributed by atoms with Crippen molar-refractivity contribution in [2.24, 2.45) is 10.7 Å². The maximum Gasteiger partial charge on any atom is 0.266 e. The molecular formula is C16H14ClFN4O2S2. The van der Waals surface area contributed by atoms with E-state index in [1.54, 1.807) is 0 Å². The number of amides is 1. The number of nitrogens with zero attached hydrogens (tertiary/aromatic N) is 2. The summed E-state index contributed by atoms with van der Waals surface area (Å²) in [5.41, 5.74) is 6.02. The largest absolute Gasteiger partial charge is 0.386 e. The normalized spacial score (nSPS) is 23.5. The highest BCUT2D eigenvalue weighted by Crippen LogP contribution is 2.47. The average molecular weight is 413 g/mol. The molecule has 2 aromatic heterocycles. The molecule has 1 saturated carbocycles. The minimum absolute atomic E-state index is 0.109. The van der Waals surface area contributed by atoms with E-state index in [2.05, 4.69) is 15.3 Å². The predicted octanol–water partition coefficient (Wildman–Crippen LogP) is 2.88. The molecule has 26 heavy (non-hydrogen) atoms. The minimum Gasteiger partial charge on any atom is -0.386 e. The maximum atomic E-state index is 13.1. The molecule has 1 fully saturated rings. The molecule has 1 amide bonds. The number of rotatable bonds is 3. The first-order valence-electron chi connectivity index (χ1n) is 7.84. The molecule has 1 spiro atoms. The Morgan fingerprint density at radius 2 is 2.23 bits per heavy atom. The molecule has 0 bridgehead atoms. The molecule has 1 aliphatic heterocycles. The molecule has 3 heterocycles. The van der Waals surface area contributed by atoms with Crippen molar-refractivity contribution in [2.75, 3.05) is 11.1 Å². The minimum atomic E-state index is -1.10. The van der Waals surface area contributed by atoms with Crippen LogP contribution in [0.15, 0.2) is 29.3 Å². The number of hydrogen-bond donors (Lipinski definition) is 2. The van der Waals surface area contributed by atoms with Crippen molar-refractivity contribution in [3.8, 4) is 0 Å². The van der Waals surface area contributed by atoms with Gasteiger partial charge in [0.25, 0.3) is 5.91 Å². The first-order valence-corrected chi connectivity index (χ1v) is 10.4. The molecule has 2 atom stereocenters. The number of halogens is 2. The van der Waals surface area contributed by atoms with E-state index in [-0.39, 0.29) is 5.82 Å². The van der Waals surface area contributed by atoms with Crippen molar-refractivity contribution in [3.05, 3.63) is 45.0 Å². The summed E-state index contributed by atoms with van der Waals surface area (Å²) in [6.45, 7) is 0. The lowest BCUT2D eigenvalue weighted by Gasteiger charge is -2.24. The zero-order chi connectivity index (χ0) is 18.5. The molecule has 4 rings (SSSR count). The summed E-state index contributed by atoms with van der Waals surface area (Å²) in [5, 5.41) is 2.90. The number of carbonyl (C=O) groups excluding carboxylic acids is 1. The summed E-state index contributed by atoms with van der Waals surface area (Å²) in [5.74, 6) is -0.276. The third-order valence-corrected chi connectivity index (χ3v) is 8.17. The van der Waals surface area contributed by atoms with E-state index in [1.165, 1.54) is 24.3 Å². The first kappa shape index (κ1) is 17.6. The summed E-state index contributed by atoms with van der Waals surface area (Å²) >= 11 is 7.44. The van der Waals surface area contributed by atoms with Crippen molar-refractivity contribution < 1.29 is 13.4 Å². The number of aliphatic imine (C=N–C) groups is 1. The zero-order valence-corrected chi connectivity index (χ0v) is 15.8. The molecule has 1 aliphatic carbocycles. The van der Waals surface area contributed by atoms with Gasteiger partial charge < -0.3 is 11.1 Å². The lowest BCUT2D eigenvalue weighted by atomic mass is 10.2. The fourth-order valence-corrected chi connectivity index (χ4v) is 6.05. The van der Waals surface area contributed by atoms with Crippen LogP contribution in [0.5, 0.6) is 0 Å². The number of hydrogen-bond acceptors (Lipinski definition) is 6. The Bertz CT molecular complexity index is 957. The second-order valence-electron chi connectivity index (χ2n) is 6.16. The van der Waals surface area contributed by atoms with E-state index >= 15 is 0 Å². The molecule has 10 heteroatoms. The van der Waals surface area contributed by atoms with Gasteiger partial charge in [0, 0.05) is 15.7 Å². The van der Waals surface area contributed by atoms with Gasteiger partial charge in [-0.25, -0.2) is 4.98 Å². The summed E-state index contributed by atoms with van der Waals surface area (Å²) < 4.78 is 25.2. The van der Waals surface area contributed by atoms with E-state index in [0.717, 1.165) is 24.2 Å². The van der Waals surface area contributed by atoms with Crippen molar-refractivity contribution in [2.45, 2.75) is 23.6 Å². The van der Waals surface area contributed by atoms with Crippen LogP contribution in [0.25, 0.3) is 0 Å². The zero-order valence-electron chi connectivity index (χ0n) is 13.4. The monoisotopic (exact) mass is 412 g/mol. The summed E-state index contributed by atoms with van der Waals surface area (Å²) in [6, 6.07) is 5.23. The molecule has 2 aromatic rings. The number of anilines is 1. The van der Waals surface area contributed by atoms with E-state index in [1.807, 2.05) is 0 Å². The van der Waals surface area contributed by atoms with Gasteiger partial charge in [0.05, 0.1) is 21.7 Å². The number of nitrogens with two attached hydrogens (primary N) is 1. The fourth-order valence-electron chi connectivity index (χ4n) is 2.85. The van der Waals surface area contributed by atoms with Crippen LogP contribution in [0, 0.1) is 5.95 Å². The van der Waals surface area contributed by atoms with Crippen LogP contribution in [0.1, 0.15) is 33.4 Å². The van der Waals surface area contributed by atoms with E-state index in [9.17, 15) is 13.4 Å². The Morgan fingerprint density at radius 1 is 1.46 bits per heavy atom. The van der Waals surface area contributed by atoms with E-state index in [0.29, 0.717) is 26.4 Å². The molecule has 3 N–H and O–H groups in total. The molecule has 2 aliphatic rings. The van der Waals surface area contributed by atoms with Crippen LogP contribution < -0.4 is 11.1 Å². The number of aromatic nitrogens is 1. The molecule has 136 valence electrons. The maximum absolute atomic E-state index is 13.1. The standard InChI is InChI=1S/C16H14ClFN4O2S2/c17-8-6-10(14(23)22-12-3-1-2-11(18)21-12)25-13(8)9-7-26(24)16(4-5-16)15(19)20-9/h1-3,6,9H,4-5,7H2,(H2,19,20)(H,21,22,23)/t9-,26?/m0/s1. The number of carbonyl (C=O) groups is 1. The van der Waals surface area contributed by atoms with Crippen molar-refractivity contribution in [3.63, 3.8) is 0 Å². The van der Waals surface area contributed by atoms with Gasteiger partial charge in [0.15, 0.2) is 0 Å². The number of thiophene rings is 1. The number of nitrogens with one attached hydrogen (secondary N) is 1. The molecule has 0 radical (unpaired) electrons. The molecule has 0 aromatic carbocycles. The predicted molar refractivity (Wildman–Crippen MR) is 101 cm³/mol. The Morgan fingerprint density at radius 3 is 2.88 bits per heavy atom. The van der Waals surface area contributed by atoms with Crippen LogP contribution >= 0.6 is 22.9 Å². The van der Waals surface area contributed by atoms with E-state index < -0.39 is 33.4 Å². The first-order chi connectivity index (χ1) is 12.4. The van der Waals surface area contributed by atoms with Crippen LogP contribution in [0.2, 0.25) is 5.02 Å². The Labute approximate surface area is 160 Å². The van der Waals surface area contributed by atoms with Gasteiger partial charge in [-0.15, -0.1) is 11.3 Å². The molecule has 6 nitrogen and oxygen atoms in total. The highest BCUT2D eigenvalue weighted by atomic mass is 35.5. The van der Waals surface area contributed by atoms with Gasteiger partial charge in [-0.1, -0.05) is 17.7 Å². The van der Waals surface area contributed by atoms with Gasteiger partial charge in [-0.3, -0.25) is 14.0 Å².